The minimum Gasteiger partial charge on any atom is -0.348 e. The lowest BCUT2D eigenvalue weighted by molar-refractivity contribution is -0.122. The van der Waals surface area contributed by atoms with Crippen LogP contribution in [0.15, 0.2) is 30.6 Å². The Labute approximate surface area is 168 Å². The lowest BCUT2D eigenvalue weighted by Gasteiger charge is -2.34. The first-order valence-corrected chi connectivity index (χ1v) is 10.4. The molecule has 0 aliphatic carbocycles. The van der Waals surface area contributed by atoms with E-state index in [1.807, 2.05) is 38.1 Å². The van der Waals surface area contributed by atoms with E-state index in [1.165, 1.54) is 0 Å². The number of nitrogens with one attached hydrogen (secondary N) is 2. The van der Waals surface area contributed by atoms with Gasteiger partial charge in [0, 0.05) is 23.5 Å². The summed E-state index contributed by atoms with van der Waals surface area (Å²) in [5.41, 5.74) is 3.82. The molecule has 1 aliphatic rings. The number of H-pyrrole nitrogens is 1. The van der Waals surface area contributed by atoms with Crippen LogP contribution in [-0.2, 0) is 11.3 Å². The Morgan fingerprint density at radius 3 is 2.96 bits per heavy atom. The maximum atomic E-state index is 13.0. The van der Waals surface area contributed by atoms with Crippen molar-refractivity contribution in [1.29, 1.82) is 0 Å². The third kappa shape index (κ3) is 4.13. The van der Waals surface area contributed by atoms with Crippen molar-refractivity contribution in [2.75, 3.05) is 11.9 Å². The highest BCUT2D eigenvalue weighted by molar-refractivity contribution is 7.14. The van der Waals surface area contributed by atoms with Crippen LogP contribution in [0.1, 0.15) is 35.7 Å². The lowest BCUT2D eigenvalue weighted by Crippen LogP contribution is -2.46. The molecular formula is C20H24N6OS. The topological polar surface area (TPSA) is 86.8 Å². The molecule has 2 N–H and O–H groups in total. The highest BCUT2D eigenvalue weighted by Gasteiger charge is 2.29. The molecule has 0 radical (unpaired) electrons. The Kier molecular flexibility index (Phi) is 5.50. The lowest BCUT2D eigenvalue weighted by atomic mass is 10.0. The van der Waals surface area contributed by atoms with Gasteiger partial charge < -0.3 is 10.3 Å². The molecule has 8 heteroatoms. The van der Waals surface area contributed by atoms with Gasteiger partial charge in [0.1, 0.15) is 10.0 Å². The minimum absolute atomic E-state index is 0.0403. The summed E-state index contributed by atoms with van der Waals surface area (Å²) in [4.78, 5) is 22.8. The number of hydrogen-bond acceptors (Lipinski definition) is 6. The number of carbonyl (C=O) groups is 1. The SMILES string of the molecule is Cc1nnc(-c2cccc(NC(=O)[C@H]3CCCCN3Cc3nc[nH]c3C)c2)s1. The first-order chi connectivity index (χ1) is 13.6. The van der Waals surface area contributed by atoms with Crippen LogP contribution >= 0.6 is 11.3 Å². The monoisotopic (exact) mass is 396 g/mol. The average molecular weight is 397 g/mol. The molecule has 1 atom stereocenters. The number of benzene rings is 1. The molecule has 1 aliphatic heterocycles. The zero-order valence-electron chi connectivity index (χ0n) is 16.1. The van der Waals surface area contributed by atoms with Crippen LogP contribution < -0.4 is 5.32 Å². The van der Waals surface area contributed by atoms with Gasteiger partial charge in [-0.1, -0.05) is 29.9 Å². The third-order valence-electron chi connectivity index (χ3n) is 5.11. The molecule has 1 aromatic carbocycles. The molecule has 146 valence electrons. The van der Waals surface area contributed by atoms with Crippen molar-refractivity contribution in [3.05, 3.63) is 47.0 Å². The maximum absolute atomic E-state index is 13.0. The zero-order chi connectivity index (χ0) is 19.5. The van der Waals surface area contributed by atoms with E-state index in [2.05, 4.69) is 30.4 Å². The first-order valence-electron chi connectivity index (χ1n) is 9.54. The van der Waals surface area contributed by atoms with E-state index in [9.17, 15) is 4.79 Å². The van der Waals surface area contributed by atoms with Crippen molar-refractivity contribution in [2.24, 2.45) is 0 Å². The summed E-state index contributed by atoms with van der Waals surface area (Å²) in [5.74, 6) is 0.0403. The molecule has 4 rings (SSSR count). The summed E-state index contributed by atoms with van der Waals surface area (Å²) in [5, 5.41) is 13.2. The van der Waals surface area contributed by atoms with Crippen LogP contribution in [0.25, 0.3) is 10.6 Å². The summed E-state index contributed by atoms with van der Waals surface area (Å²) >= 11 is 1.55. The van der Waals surface area contributed by atoms with Gasteiger partial charge in [-0.2, -0.15) is 0 Å². The van der Waals surface area contributed by atoms with Crippen molar-refractivity contribution < 1.29 is 4.79 Å². The molecule has 3 aromatic rings. The largest absolute Gasteiger partial charge is 0.348 e. The zero-order valence-corrected chi connectivity index (χ0v) is 16.9. The van der Waals surface area contributed by atoms with Gasteiger partial charge >= 0.3 is 0 Å². The molecule has 0 saturated carbocycles. The predicted molar refractivity (Wildman–Crippen MR) is 110 cm³/mol. The first kappa shape index (κ1) is 18.8. The number of likely N-dealkylation sites (tertiary alicyclic amines) is 1. The minimum atomic E-state index is -0.141. The van der Waals surface area contributed by atoms with Crippen molar-refractivity contribution in [1.82, 2.24) is 25.1 Å². The van der Waals surface area contributed by atoms with Gasteiger partial charge in [-0.15, -0.1) is 10.2 Å². The highest BCUT2D eigenvalue weighted by Crippen LogP contribution is 2.26. The fourth-order valence-electron chi connectivity index (χ4n) is 3.58. The third-order valence-corrected chi connectivity index (χ3v) is 5.99. The molecule has 7 nitrogen and oxygen atoms in total. The van der Waals surface area contributed by atoms with E-state index >= 15 is 0 Å². The van der Waals surface area contributed by atoms with E-state index in [-0.39, 0.29) is 11.9 Å². The molecule has 2 aromatic heterocycles. The van der Waals surface area contributed by atoms with Crippen LogP contribution in [0.2, 0.25) is 0 Å². The number of aromatic amines is 1. The summed E-state index contributed by atoms with van der Waals surface area (Å²) in [6, 6.07) is 7.66. The highest BCUT2D eigenvalue weighted by atomic mass is 32.1. The molecule has 28 heavy (non-hydrogen) atoms. The smallest absolute Gasteiger partial charge is 0.241 e. The summed E-state index contributed by atoms with van der Waals surface area (Å²) in [7, 11) is 0. The van der Waals surface area contributed by atoms with Crippen LogP contribution in [0.5, 0.6) is 0 Å². The predicted octanol–water partition coefficient (Wildman–Crippen LogP) is 3.54. The van der Waals surface area contributed by atoms with Gasteiger partial charge in [0.05, 0.1) is 18.1 Å². The Morgan fingerprint density at radius 2 is 2.21 bits per heavy atom. The van der Waals surface area contributed by atoms with Crippen LogP contribution in [0.4, 0.5) is 5.69 Å². The number of amides is 1. The molecule has 0 spiro atoms. The Balaban J connectivity index is 1.48. The van der Waals surface area contributed by atoms with Crippen molar-refractivity contribution >= 4 is 22.9 Å². The summed E-state index contributed by atoms with van der Waals surface area (Å²) in [6.07, 6.45) is 4.76. The molecular weight excluding hydrogens is 372 g/mol. The molecule has 3 heterocycles. The number of carbonyl (C=O) groups excluding carboxylic acids is 1. The number of hydrogen-bond donors (Lipinski definition) is 2. The van der Waals surface area contributed by atoms with Crippen LogP contribution in [0.3, 0.4) is 0 Å². The molecule has 0 bridgehead atoms. The van der Waals surface area contributed by atoms with E-state index in [0.29, 0.717) is 6.54 Å². The van der Waals surface area contributed by atoms with Gasteiger partial charge in [-0.25, -0.2) is 4.98 Å². The second-order valence-corrected chi connectivity index (χ2v) is 8.33. The fourth-order valence-corrected chi connectivity index (χ4v) is 4.27. The van der Waals surface area contributed by atoms with Crippen LogP contribution in [-0.4, -0.2) is 43.6 Å². The average Bonchev–Trinajstić information content (AvgIpc) is 3.31. The summed E-state index contributed by atoms with van der Waals surface area (Å²) < 4.78 is 0. The number of imidazole rings is 1. The Morgan fingerprint density at radius 1 is 1.32 bits per heavy atom. The normalized spacial score (nSPS) is 17.6. The van der Waals surface area contributed by atoms with Gasteiger partial charge in [-0.3, -0.25) is 9.69 Å². The number of piperidine rings is 1. The second kappa shape index (κ2) is 8.20. The molecule has 1 amide bonds. The Hall–Kier alpha value is -2.58. The van der Waals surface area contributed by atoms with Crippen molar-refractivity contribution in [3.63, 3.8) is 0 Å². The van der Waals surface area contributed by atoms with Crippen LogP contribution in [0, 0.1) is 13.8 Å². The van der Waals surface area contributed by atoms with E-state index < -0.39 is 0 Å². The maximum Gasteiger partial charge on any atom is 0.241 e. The van der Waals surface area contributed by atoms with E-state index in [4.69, 9.17) is 0 Å². The molecule has 1 saturated heterocycles. The van der Waals surface area contributed by atoms with Gasteiger partial charge in [0.25, 0.3) is 0 Å². The summed E-state index contributed by atoms with van der Waals surface area (Å²) in [6.45, 7) is 5.56. The standard InChI is InChI=1S/C20H24N6OS/c1-13-17(22-12-21-13)11-26-9-4-3-8-18(26)19(27)23-16-7-5-6-15(10-16)20-25-24-14(2)28-20/h5-7,10,12,18H,3-4,8-9,11H2,1-2H3,(H,21,22)(H,23,27)/t18-/m1/s1. The number of anilines is 1. The van der Waals surface area contributed by atoms with Crippen molar-refractivity contribution in [3.8, 4) is 10.6 Å². The number of nitrogens with zero attached hydrogens (tertiary/aromatic N) is 4. The Bertz CT molecular complexity index is 965. The van der Waals surface area contributed by atoms with Crippen molar-refractivity contribution in [2.45, 2.75) is 45.7 Å². The second-order valence-electron chi connectivity index (χ2n) is 7.15. The molecule has 1 fully saturated rings. The van der Waals surface area contributed by atoms with Gasteiger partial charge in [-0.05, 0) is 45.4 Å². The van der Waals surface area contributed by atoms with Gasteiger partial charge in [0.2, 0.25) is 5.91 Å². The number of aromatic nitrogens is 4. The molecule has 0 unspecified atom stereocenters. The number of aryl methyl sites for hydroxylation is 2. The van der Waals surface area contributed by atoms with E-state index in [1.54, 1.807) is 17.7 Å². The fraction of sp³-hybridized carbons (Fsp3) is 0.400. The number of rotatable bonds is 5. The van der Waals surface area contributed by atoms with Gasteiger partial charge in [0.15, 0.2) is 0 Å². The van der Waals surface area contributed by atoms with E-state index in [0.717, 1.165) is 58.5 Å². The quantitative estimate of drug-likeness (QED) is 0.689.